The van der Waals surface area contributed by atoms with Gasteiger partial charge in [0.2, 0.25) is 5.91 Å². The van der Waals surface area contributed by atoms with Gasteiger partial charge in [-0.2, -0.15) is 0 Å². The highest BCUT2D eigenvalue weighted by Crippen LogP contribution is 2.36. The Kier molecular flexibility index (Phi) is 5.02. The van der Waals surface area contributed by atoms with Crippen LogP contribution in [-0.2, 0) is 19.8 Å². The predicted octanol–water partition coefficient (Wildman–Crippen LogP) is 0.891. The second-order valence-corrected chi connectivity index (χ2v) is 5.62. The van der Waals surface area contributed by atoms with Crippen molar-refractivity contribution in [2.45, 2.75) is 25.7 Å². The summed E-state index contributed by atoms with van der Waals surface area (Å²) in [7, 11) is 1.33. The van der Waals surface area contributed by atoms with Gasteiger partial charge >= 0.3 is 6.03 Å². The molecule has 1 saturated heterocycles. The highest BCUT2D eigenvalue weighted by molar-refractivity contribution is 6.23. The number of barbiturate groups is 1. The lowest BCUT2D eigenvalue weighted by Crippen LogP contribution is -2.67. The molecule has 0 aromatic heterocycles. The quantitative estimate of drug-likeness (QED) is 0.812. The van der Waals surface area contributed by atoms with E-state index in [0.717, 1.165) is 9.80 Å². The maximum absolute atomic E-state index is 13.1. The molecule has 0 saturated carbocycles. The maximum Gasteiger partial charge on any atom is 0.333 e. The first-order valence-corrected chi connectivity index (χ1v) is 7.86. The molecule has 1 aromatic carbocycles. The van der Waals surface area contributed by atoms with Crippen LogP contribution in [0.25, 0.3) is 0 Å². The van der Waals surface area contributed by atoms with Crippen LogP contribution in [0.15, 0.2) is 30.3 Å². The monoisotopic (exact) mass is 331 g/mol. The maximum atomic E-state index is 13.1. The fourth-order valence-electron chi connectivity index (χ4n) is 2.98. The van der Waals surface area contributed by atoms with E-state index < -0.39 is 35.7 Å². The van der Waals surface area contributed by atoms with E-state index in [4.69, 9.17) is 0 Å². The normalized spacial score (nSPS) is 21.2. The number of urea groups is 1. The summed E-state index contributed by atoms with van der Waals surface area (Å²) in [5, 5.41) is 2.56. The molecule has 1 N–H and O–H groups in total. The highest BCUT2D eigenvalue weighted by atomic mass is 16.2. The minimum Gasteiger partial charge on any atom is -0.355 e. The molecular weight excluding hydrogens is 310 g/mol. The van der Waals surface area contributed by atoms with Crippen LogP contribution in [0, 0.1) is 0 Å². The molecule has 1 unspecified atom stereocenters. The van der Waals surface area contributed by atoms with Crippen molar-refractivity contribution in [3.63, 3.8) is 0 Å². The highest BCUT2D eigenvalue weighted by Gasteiger charge is 2.56. The third-order valence-electron chi connectivity index (χ3n) is 4.27. The molecule has 1 atom stereocenters. The molecule has 7 heteroatoms. The van der Waals surface area contributed by atoms with Gasteiger partial charge in [-0.1, -0.05) is 37.3 Å². The molecule has 0 bridgehead atoms. The summed E-state index contributed by atoms with van der Waals surface area (Å²) >= 11 is 0. The molecule has 0 aliphatic carbocycles. The number of imide groups is 2. The minimum atomic E-state index is -1.49. The molecule has 7 nitrogen and oxygen atoms in total. The van der Waals surface area contributed by atoms with Gasteiger partial charge in [0.15, 0.2) is 5.41 Å². The summed E-state index contributed by atoms with van der Waals surface area (Å²) in [6, 6.07) is 7.85. The van der Waals surface area contributed by atoms with Gasteiger partial charge in [-0.15, -0.1) is 0 Å². The zero-order valence-corrected chi connectivity index (χ0v) is 14.0. The van der Waals surface area contributed by atoms with Crippen LogP contribution in [0.5, 0.6) is 0 Å². The number of nitrogens with zero attached hydrogens (tertiary/aromatic N) is 2. The van der Waals surface area contributed by atoms with Crippen LogP contribution in [-0.4, -0.2) is 53.7 Å². The number of benzene rings is 1. The molecular formula is C17H21N3O4. The van der Waals surface area contributed by atoms with Gasteiger partial charge in [0.05, 0.1) is 0 Å². The fourth-order valence-corrected chi connectivity index (χ4v) is 2.98. The average Bonchev–Trinajstić information content (AvgIpc) is 2.59. The molecule has 1 fully saturated rings. The Hall–Kier alpha value is -2.70. The van der Waals surface area contributed by atoms with Crippen molar-refractivity contribution in [2.24, 2.45) is 0 Å². The first-order chi connectivity index (χ1) is 11.4. The summed E-state index contributed by atoms with van der Waals surface area (Å²) in [6.07, 6.45) is 0.193. The van der Waals surface area contributed by atoms with Gasteiger partial charge in [-0.25, -0.2) is 4.79 Å². The van der Waals surface area contributed by atoms with Gasteiger partial charge in [0.1, 0.15) is 6.54 Å². The van der Waals surface area contributed by atoms with Gasteiger partial charge in [-0.05, 0) is 18.9 Å². The number of hydrogen-bond donors (Lipinski definition) is 1. The number of carbonyl (C=O) groups excluding carboxylic acids is 4. The Labute approximate surface area is 140 Å². The predicted molar refractivity (Wildman–Crippen MR) is 87.0 cm³/mol. The van der Waals surface area contributed by atoms with E-state index in [1.165, 1.54) is 7.05 Å². The summed E-state index contributed by atoms with van der Waals surface area (Å²) < 4.78 is 0. The number of carbonyl (C=O) groups is 4. The van der Waals surface area contributed by atoms with E-state index in [1.807, 2.05) is 0 Å². The largest absolute Gasteiger partial charge is 0.355 e. The van der Waals surface area contributed by atoms with Crippen LogP contribution in [0.1, 0.15) is 25.8 Å². The van der Waals surface area contributed by atoms with E-state index in [9.17, 15) is 19.2 Å². The third-order valence-corrected chi connectivity index (χ3v) is 4.27. The lowest BCUT2D eigenvalue weighted by atomic mass is 9.74. The van der Waals surface area contributed by atoms with Crippen molar-refractivity contribution in [3.05, 3.63) is 35.9 Å². The van der Waals surface area contributed by atoms with Crippen molar-refractivity contribution in [2.75, 3.05) is 20.1 Å². The van der Waals surface area contributed by atoms with Crippen molar-refractivity contribution < 1.29 is 19.2 Å². The second kappa shape index (κ2) is 6.82. The molecule has 1 aliphatic rings. The molecule has 0 spiro atoms. The Bertz CT molecular complexity index is 674. The van der Waals surface area contributed by atoms with E-state index in [-0.39, 0.29) is 6.42 Å². The lowest BCUT2D eigenvalue weighted by molar-refractivity contribution is -0.153. The Morgan fingerprint density at radius 1 is 1.08 bits per heavy atom. The fraction of sp³-hybridized carbons (Fsp3) is 0.412. The van der Waals surface area contributed by atoms with E-state index in [0.29, 0.717) is 12.1 Å². The Morgan fingerprint density at radius 2 is 1.71 bits per heavy atom. The molecule has 5 amide bonds. The van der Waals surface area contributed by atoms with E-state index in [1.54, 1.807) is 44.2 Å². The zero-order valence-electron chi connectivity index (χ0n) is 14.0. The second-order valence-electron chi connectivity index (χ2n) is 5.62. The molecule has 1 heterocycles. The number of amides is 5. The van der Waals surface area contributed by atoms with Gasteiger partial charge in [0.25, 0.3) is 11.8 Å². The zero-order chi connectivity index (χ0) is 17.9. The van der Waals surface area contributed by atoms with Crippen molar-refractivity contribution in [3.8, 4) is 0 Å². The molecule has 128 valence electrons. The summed E-state index contributed by atoms with van der Waals surface area (Å²) in [4.78, 5) is 51.9. The first-order valence-electron chi connectivity index (χ1n) is 7.86. The standard InChI is InChI=1S/C17H21N3O4/c1-4-17(12-9-7-6-8-10-12)14(22)19(3)16(24)20(15(17)23)11-13(21)18-5-2/h6-10H,4-5,11H2,1-3H3,(H,18,21). The van der Waals surface area contributed by atoms with Crippen molar-refractivity contribution >= 4 is 23.8 Å². The topological polar surface area (TPSA) is 86.8 Å². The molecule has 1 aliphatic heterocycles. The lowest BCUT2D eigenvalue weighted by Gasteiger charge is -2.42. The number of likely N-dealkylation sites (N-methyl/N-ethyl adjacent to an activating group) is 2. The van der Waals surface area contributed by atoms with Crippen molar-refractivity contribution in [1.29, 1.82) is 0 Å². The first kappa shape index (κ1) is 17.7. The van der Waals surface area contributed by atoms with Gasteiger partial charge < -0.3 is 5.32 Å². The summed E-state index contributed by atoms with van der Waals surface area (Å²) in [6.45, 7) is 3.45. The summed E-state index contributed by atoms with van der Waals surface area (Å²) in [5.74, 6) is -1.67. The smallest absolute Gasteiger partial charge is 0.333 e. The van der Waals surface area contributed by atoms with Crippen molar-refractivity contribution in [1.82, 2.24) is 15.1 Å². The molecule has 2 rings (SSSR count). The molecule has 1 aromatic rings. The van der Waals surface area contributed by atoms with Crippen LogP contribution in [0.4, 0.5) is 4.79 Å². The number of nitrogens with one attached hydrogen (secondary N) is 1. The van der Waals surface area contributed by atoms with Gasteiger partial charge in [0, 0.05) is 13.6 Å². The average molecular weight is 331 g/mol. The Balaban J connectivity index is 2.50. The van der Waals surface area contributed by atoms with Crippen LogP contribution in [0.2, 0.25) is 0 Å². The summed E-state index contributed by atoms with van der Waals surface area (Å²) in [5.41, 5.74) is -0.973. The van der Waals surface area contributed by atoms with E-state index >= 15 is 0 Å². The Morgan fingerprint density at radius 3 is 2.25 bits per heavy atom. The minimum absolute atomic E-state index is 0.193. The third kappa shape index (κ3) is 2.66. The molecule has 0 radical (unpaired) electrons. The van der Waals surface area contributed by atoms with Crippen LogP contribution < -0.4 is 5.32 Å². The van der Waals surface area contributed by atoms with E-state index in [2.05, 4.69) is 5.32 Å². The number of rotatable bonds is 5. The van der Waals surface area contributed by atoms with Crippen LogP contribution in [0.3, 0.4) is 0 Å². The van der Waals surface area contributed by atoms with Crippen LogP contribution >= 0.6 is 0 Å². The SMILES string of the molecule is CCNC(=O)CN1C(=O)N(C)C(=O)C(CC)(c2ccccc2)C1=O. The molecule has 24 heavy (non-hydrogen) atoms. The number of hydrogen-bond acceptors (Lipinski definition) is 4. The van der Waals surface area contributed by atoms with Gasteiger partial charge in [-0.3, -0.25) is 24.2 Å².